The van der Waals surface area contributed by atoms with Crippen LogP contribution in [0.4, 0.5) is 11.4 Å². The van der Waals surface area contributed by atoms with Crippen molar-refractivity contribution in [3.63, 3.8) is 0 Å². The SMILES string of the molecule is CCN(c1ccccc1)S(=O)(=O)c1ccc(NCC(=O)c2cccc(S(=O)(=O)N3CCCC(C)C3)c2)cc1. The molecule has 1 unspecified atom stereocenters. The molecule has 0 aliphatic carbocycles. The number of Topliss-reactive ketones (excluding diaryl/α,β-unsaturated/α-hetero) is 1. The predicted octanol–water partition coefficient (Wildman–Crippen LogP) is 4.62. The van der Waals surface area contributed by atoms with E-state index in [0.717, 1.165) is 12.8 Å². The lowest BCUT2D eigenvalue weighted by molar-refractivity contribution is 0.101. The van der Waals surface area contributed by atoms with Crippen molar-refractivity contribution in [3.8, 4) is 0 Å². The maximum Gasteiger partial charge on any atom is 0.264 e. The lowest BCUT2D eigenvalue weighted by Crippen LogP contribution is -2.39. The highest BCUT2D eigenvalue weighted by molar-refractivity contribution is 7.92. The number of carbonyl (C=O) groups excluding carboxylic acids is 1. The highest BCUT2D eigenvalue weighted by Gasteiger charge is 2.29. The summed E-state index contributed by atoms with van der Waals surface area (Å²) in [4.78, 5) is 13.1. The second-order valence-electron chi connectivity index (χ2n) is 9.44. The van der Waals surface area contributed by atoms with Crippen LogP contribution in [0.5, 0.6) is 0 Å². The molecule has 0 saturated carbocycles. The van der Waals surface area contributed by atoms with E-state index in [1.54, 1.807) is 55.5 Å². The van der Waals surface area contributed by atoms with E-state index in [9.17, 15) is 21.6 Å². The number of benzene rings is 3. The molecular weight excluding hydrogens is 522 g/mol. The molecule has 1 atom stereocenters. The molecule has 4 rings (SSSR count). The molecule has 3 aromatic rings. The van der Waals surface area contributed by atoms with Gasteiger partial charge in [0.15, 0.2) is 5.78 Å². The Kier molecular flexibility index (Phi) is 8.54. The minimum Gasteiger partial charge on any atom is -0.378 e. The number of sulfonamides is 2. The molecule has 38 heavy (non-hydrogen) atoms. The number of hydrogen-bond acceptors (Lipinski definition) is 6. The van der Waals surface area contributed by atoms with Crippen molar-refractivity contribution in [1.82, 2.24) is 4.31 Å². The molecule has 202 valence electrons. The normalized spacial score (nSPS) is 16.6. The van der Waals surface area contributed by atoms with Crippen molar-refractivity contribution in [2.45, 2.75) is 36.5 Å². The summed E-state index contributed by atoms with van der Waals surface area (Å²) in [6.07, 6.45) is 1.83. The Hall–Kier alpha value is -3.21. The number of nitrogens with one attached hydrogen (secondary N) is 1. The average molecular weight is 556 g/mol. The van der Waals surface area contributed by atoms with Crippen molar-refractivity contribution >= 4 is 37.2 Å². The Morgan fingerprint density at radius 3 is 2.32 bits per heavy atom. The minimum atomic E-state index is -3.75. The van der Waals surface area contributed by atoms with Crippen molar-refractivity contribution in [2.75, 3.05) is 35.8 Å². The van der Waals surface area contributed by atoms with E-state index >= 15 is 0 Å². The van der Waals surface area contributed by atoms with Gasteiger partial charge in [0.1, 0.15) is 0 Å². The third-order valence-corrected chi connectivity index (χ3v) is 10.4. The summed E-state index contributed by atoms with van der Waals surface area (Å²) < 4.78 is 55.4. The monoisotopic (exact) mass is 555 g/mol. The molecule has 3 aromatic carbocycles. The fourth-order valence-corrected chi connectivity index (χ4v) is 7.70. The Bertz CT molecular complexity index is 1470. The summed E-state index contributed by atoms with van der Waals surface area (Å²) in [5.41, 5.74) is 1.46. The lowest BCUT2D eigenvalue weighted by atomic mass is 10.0. The summed E-state index contributed by atoms with van der Waals surface area (Å²) >= 11 is 0. The number of piperidine rings is 1. The lowest BCUT2D eigenvalue weighted by Gasteiger charge is -2.30. The van der Waals surface area contributed by atoms with E-state index in [1.807, 2.05) is 13.0 Å². The van der Waals surface area contributed by atoms with Gasteiger partial charge in [0.2, 0.25) is 10.0 Å². The maximum atomic E-state index is 13.2. The van der Waals surface area contributed by atoms with E-state index in [2.05, 4.69) is 5.32 Å². The minimum absolute atomic E-state index is 0.0680. The number of rotatable bonds is 10. The number of nitrogens with zero attached hydrogens (tertiary/aromatic N) is 2. The van der Waals surface area contributed by atoms with Crippen molar-refractivity contribution in [3.05, 3.63) is 84.4 Å². The molecule has 0 spiro atoms. The molecule has 1 heterocycles. The third-order valence-electron chi connectivity index (χ3n) is 6.64. The molecule has 1 saturated heterocycles. The number of ketones is 1. The van der Waals surface area contributed by atoms with Crippen LogP contribution in [0.2, 0.25) is 0 Å². The molecule has 0 bridgehead atoms. The van der Waals surface area contributed by atoms with Crippen LogP contribution in [0.15, 0.2) is 88.7 Å². The molecule has 1 aliphatic heterocycles. The van der Waals surface area contributed by atoms with Gasteiger partial charge in [-0.15, -0.1) is 0 Å². The summed E-state index contributed by atoms with van der Waals surface area (Å²) in [7, 11) is -7.42. The Morgan fingerprint density at radius 1 is 0.947 bits per heavy atom. The van der Waals surface area contributed by atoms with E-state index in [1.165, 1.54) is 32.9 Å². The zero-order valence-electron chi connectivity index (χ0n) is 21.6. The van der Waals surface area contributed by atoms with Gasteiger partial charge in [-0.1, -0.05) is 37.3 Å². The van der Waals surface area contributed by atoms with Crippen LogP contribution in [-0.2, 0) is 20.0 Å². The largest absolute Gasteiger partial charge is 0.378 e. The van der Waals surface area contributed by atoms with Gasteiger partial charge in [-0.05, 0) is 74.2 Å². The van der Waals surface area contributed by atoms with Gasteiger partial charge >= 0.3 is 0 Å². The number of carbonyl (C=O) groups is 1. The first kappa shape index (κ1) is 27.8. The van der Waals surface area contributed by atoms with E-state index < -0.39 is 20.0 Å². The third kappa shape index (κ3) is 6.09. The first-order valence-electron chi connectivity index (χ1n) is 12.7. The van der Waals surface area contributed by atoms with Gasteiger partial charge < -0.3 is 5.32 Å². The summed E-state index contributed by atoms with van der Waals surface area (Å²) in [6, 6.07) is 21.2. The topological polar surface area (TPSA) is 104 Å². The molecule has 0 amide bonds. The van der Waals surface area contributed by atoms with Gasteiger partial charge in [-0.2, -0.15) is 4.31 Å². The number of para-hydroxylation sites is 1. The first-order chi connectivity index (χ1) is 18.1. The van der Waals surface area contributed by atoms with Gasteiger partial charge in [0.25, 0.3) is 10.0 Å². The molecule has 1 fully saturated rings. The summed E-state index contributed by atoms with van der Waals surface area (Å²) in [5, 5.41) is 3.01. The van der Waals surface area contributed by atoms with Crippen LogP contribution < -0.4 is 9.62 Å². The van der Waals surface area contributed by atoms with Crippen LogP contribution in [0, 0.1) is 5.92 Å². The standard InChI is InChI=1S/C28H33N3O5S2/c1-3-31(25-11-5-4-6-12-25)38(35,36)26-16-14-24(15-17-26)29-20-28(32)23-10-7-13-27(19-23)37(33,34)30-18-8-9-22(2)21-30/h4-7,10-17,19,22,29H,3,8-9,18,20-21H2,1-2H3. The first-order valence-corrected chi connectivity index (χ1v) is 15.6. The quantitative estimate of drug-likeness (QED) is 0.366. The van der Waals surface area contributed by atoms with Gasteiger partial charge in [-0.3, -0.25) is 9.10 Å². The summed E-state index contributed by atoms with van der Waals surface area (Å²) in [6.45, 7) is 5.00. The fraction of sp³-hybridized carbons (Fsp3) is 0.321. The average Bonchev–Trinajstić information content (AvgIpc) is 2.93. The zero-order valence-corrected chi connectivity index (χ0v) is 23.2. The second kappa shape index (κ2) is 11.7. The maximum absolute atomic E-state index is 13.2. The highest BCUT2D eigenvalue weighted by Crippen LogP contribution is 2.26. The Morgan fingerprint density at radius 2 is 1.66 bits per heavy atom. The number of hydrogen-bond donors (Lipinski definition) is 1. The van der Waals surface area contributed by atoms with Crippen molar-refractivity contribution in [1.29, 1.82) is 0 Å². The van der Waals surface area contributed by atoms with Gasteiger partial charge in [0, 0.05) is 30.9 Å². The molecular formula is C28H33N3O5S2. The highest BCUT2D eigenvalue weighted by atomic mass is 32.2. The van der Waals surface area contributed by atoms with Crippen LogP contribution in [0.25, 0.3) is 0 Å². The molecule has 0 radical (unpaired) electrons. The van der Waals surface area contributed by atoms with E-state index in [0.29, 0.717) is 35.9 Å². The second-order valence-corrected chi connectivity index (χ2v) is 13.2. The molecule has 1 aliphatic rings. The van der Waals surface area contributed by atoms with Crippen LogP contribution in [0.3, 0.4) is 0 Å². The Balaban J connectivity index is 1.43. The van der Waals surface area contributed by atoms with Crippen molar-refractivity contribution < 1.29 is 21.6 Å². The van der Waals surface area contributed by atoms with E-state index in [4.69, 9.17) is 0 Å². The summed E-state index contributed by atoms with van der Waals surface area (Å²) in [5.74, 6) is 0.0318. The molecule has 8 nitrogen and oxygen atoms in total. The van der Waals surface area contributed by atoms with E-state index in [-0.39, 0.29) is 28.7 Å². The Labute approximate surface area is 225 Å². The van der Waals surface area contributed by atoms with Crippen LogP contribution in [0.1, 0.15) is 37.0 Å². The molecule has 10 heteroatoms. The predicted molar refractivity (Wildman–Crippen MR) is 150 cm³/mol. The smallest absolute Gasteiger partial charge is 0.264 e. The van der Waals surface area contributed by atoms with Gasteiger partial charge in [-0.25, -0.2) is 16.8 Å². The van der Waals surface area contributed by atoms with Gasteiger partial charge in [0.05, 0.1) is 22.0 Å². The zero-order chi connectivity index (χ0) is 27.3. The fourth-order valence-electron chi connectivity index (χ4n) is 4.59. The van der Waals surface area contributed by atoms with Crippen LogP contribution in [-0.4, -0.2) is 53.1 Å². The van der Waals surface area contributed by atoms with Crippen molar-refractivity contribution in [2.24, 2.45) is 5.92 Å². The molecule has 1 N–H and O–H groups in total. The van der Waals surface area contributed by atoms with Crippen LogP contribution >= 0.6 is 0 Å². The number of anilines is 2. The molecule has 0 aromatic heterocycles.